The standard InChI is InChI=1S/C20H15F5N4O2/c1-29(6-17-15(22)2-9(5-27-17)20(23,24)25)19(30)11-3-10-12-7-31-8-13(12)18(26)28-16(10)4-14(11)21/h2-5H,6-8H2,1H3,(H2,26,28). The highest BCUT2D eigenvalue weighted by molar-refractivity contribution is 5.99. The number of hydrogen-bond acceptors (Lipinski definition) is 5. The number of benzene rings is 1. The van der Waals surface area contributed by atoms with Crippen LogP contribution in [0.1, 0.15) is 32.7 Å². The van der Waals surface area contributed by atoms with E-state index in [-0.39, 0.29) is 35.8 Å². The number of carbonyl (C=O) groups is 1. The lowest BCUT2D eigenvalue weighted by Gasteiger charge is -2.19. The van der Waals surface area contributed by atoms with E-state index >= 15 is 0 Å². The highest BCUT2D eigenvalue weighted by Gasteiger charge is 2.32. The van der Waals surface area contributed by atoms with Gasteiger partial charge in [0, 0.05) is 30.3 Å². The summed E-state index contributed by atoms with van der Waals surface area (Å²) < 4.78 is 72.1. The van der Waals surface area contributed by atoms with E-state index in [9.17, 15) is 26.7 Å². The van der Waals surface area contributed by atoms with Crippen molar-refractivity contribution < 1.29 is 31.5 Å². The molecule has 0 bridgehead atoms. The Bertz CT molecular complexity index is 1210. The highest BCUT2D eigenvalue weighted by atomic mass is 19.4. The molecule has 0 atom stereocenters. The molecule has 0 aliphatic carbocycles. The minimum atomic E-state index is -4.75. The molecule has 2 N–H and O–H groups in total. The summed E-state index contributed by atoms with van der Waals surface area (Å²) in [5, 5.41) is 0.499. The van der Waals surface area contributed by atoms with E-state index in [1.54, 1.807) is 0 Å². The van der Waals surface area contributed by atoms with Gasteiger partial charge in [-0.3, -0.25) is 9.78 Å². The number of carbonyl (C=O) groups excluding carboxylic acids is 1. The number of hydrogen-bond donors (Lipinski definition) is 1. The molecule has 0 saturated heterocycles. The van der Waals surface area contributed by atoms with Gasteiger partial charge in [0.05, 0.1) is 42.1 Å². The number of ether oxygens (including phenoxy) is 1. The van der Waals surface area contributed by atoms with Crippen LogP contribution in [-0.4, -0.2) is 27.8 Å². The van der Waals surface area contributed by atoms with Crippen LogP contribution in [-0.2, 0) is 30.7 Å². The van der Waals surface area contributed by atoms with Crippen molar-refractivity contribution in [2.75, 3.05) is 12.8 Å². The molecular weight excluding hydrogens is 423 g/mol. The van der Waals surface area contributed by atoms with Crippen LogP contribution in [0.25, 0.3) is 10.9 Å². The molecule has 0 unspecified atom stereocenters. The Morgan fingerprint density at radius 2 is 1.87 bits per heavy atom. The van der Waals surface area contributed by atoms with Gasteiger partial charge in [-0.15, -0.1) is 0 Å². The van der Waals surface area contributed by atoms with Crippen molar-refractivity contribution in [3.8, 4) is 0 Å². The summed E-state index contributed by atoms with van der Waals surface area (Å²) in [7, 11) is 1.26. The van der Waals surface area contributed by atoms with Crippen LogP contribution in [0.3, 0.4) is 0 Å². The quantitative estimate of drug-likeness (QED) is 0.629. The van der Waals surface area contributed by atoms with Crippen LogP contribution in [0.15, 0.2) is 24.4 Å². The maximum absolute atomic E-state index is 14.6. The van der Waals surface area contributed by atoms with Crippen LogP contribution < -0.4 is 5.73 Å². The Morgan fingerprint density at radius 3 is 2.55 bits per heavy atom. The molecule has 0 spiro atoms. The Balaban J connectivity index is 1.65. The zero-order chi connectivity index (χ0) is 22.5. The fraction of sp³-hybridized carbons (Fsp3) is 0.250. The van der Waals surface area contributed by atoms with E-state index in [4.69, 9.17) is 10.5 Å². The summed E-state index contributed by atoms with van der Waals surface area (Å²) in [6.07, 6.45) is -4.27. The lowest BCUT2D eigenvalue weighted by atomic mass is 10.0. The smallest absolute Gasteiger partial charge is 0.383 e. The van der Waals surface area contributed by atoms with Crippen LogP contribution in [0.2, 0.25) is 0 Å². The second kappa shape index (κ2) is 7.41. The number of aromatic nitrogens is 2. The molecule has 0 saturated carbocycles. The maximum Gasteiger partial charge on any atom is 0.417 e. The average Bonchev–Trinajstić information content (AvgIpc) is 3.18. The van der Waals surface area contributed by atoms with Crippen molar-refractivity contribution in [1.82, 2.24) is 14.9 Å². The van der Waals surface area contributed by atoms with Crippen molar-refractivity contribution in [1.29, 1.82) is 0 Å². The van der Waals surface area contributed by atoms with Crippen LogP contribution in [0.5, 0.6) is 0 Å². The summed E-state index contributed by atoms with van der Waals surface area (Å²) in [5.74, 6) is -2.66. The van der Waals surface area contributed by atoms with E-state index in [0.717, 1.165) is 11.0 Å². The van der Waals surface area contributed by atoms with Gasteiger partial charge in [-0.25, -0.2) is 13.8 Å². The zero-order valence-electron chi connectivity index (χ0n) is 16.1. The van der Waals surface area contributed by atoms with E-state index in [1.807, 2.05) is 0 Å². The third-order valence-electron chi connectivity index (χ3n) is 5.03. The number of amides is 1. The molecule has 3 heterocycles. The SMILES string of the molecule is CN(Cc1ncc(C(F)(F)F)cc1F)C(=O)c1cc2c3c(c(N)nc2cc1F)COC3. The number of halogens is 5. The number of nitrogen functional groups attached to an aromatic ring is 1. The van der Waals surface area contributed by atoms with Crippen LogP contribution >= 0.6 is 0 Å². The highest BCUT2D eigenvalue weighted by Crippen LogP contribution is 2.33. The first-order valence-electron chi connectivity index (χ1n) is 9.01. The van der Waals surface area contributed by atoms with Crippen LogP contribution in [0.4, 0.5) is 27.8 Å². The van der Waals surface area contributed by atoms with Crippen molar-refractivity contribution in [2.45, 2.75) is 25.9 Å². The lowest BCUT2D eigenvalue weighted by Crippen LogP contribution is -2.28. The van der Waals surface area contributed by atoms with E-state index in [1.165, 1.54) is 13.1 Å². The second-order valence-electron chi connectivity index (χ2n) is 7.11. The number of alkyl halides is 3. The molecule has 2 aromatic heterocycles. The van der Waals surface area contributed by atoms with E-state index < -0.39 is 35.8 Å². The Labute approximate surface area is 172 Å². The van der Waals surface area contributed by atoms with Gasteiger partial charge in [-0.05, 0) is 17.7 Å². The summed E-state index contributed by atoms with van der Waals surface area (Å²) in [6, 6.07) is 2.69. The lowest BCUT2D eigenvalue weighted by molar-refractivity contribution is -0.138. The summed E-state index contributed by atoms with van der Waals surface area (Å²) in [4.78, 5) is 21.4. The summed E-state index contributed by atoms with van der Waals surface area (Å²) in [6.45, 7) is 0.0271. The largest absolute Gasteiger partial charge is 0.417 e. The second-order valence-corrected chi connectivity index (χ2v) is 7.11. The number of pyridine rings is 2. The van der Waals surface area contributed by atoms with Crippen molar-refractivity contribution in [3.05, 3.63) is 64.0 Å². The minimum Gasteiger partial charge on any atom is -0.383 e. The summed E-state index contributed by atoms with van der Waals surface area (Å²) >= 11 is 0. The maximum atomic E-state index is 14.6. The van der Waals surface area contributed by atoms with Crippen molar-refractivity contribution >= 4 is 22.6 Å². The molecule has 0 fully saturated rings. The van der Waals surface area contributed by atoms with Crippen molar-refractivity contribution in [3.63, 3.8) is 0 Å². The number of nitrogens with zero attached hydrogens (tertiary/aromatic N) is 3. The fourth-order valence-electron chi connectivity index (χ4n) is 3.40. The van der Waals surface area contributed by atoms with Gasteiger partial charge in [0.1, 0.15) is 17.5 Å². The minimum absolute atomic E-state index is 0.222. The number of fused-ring (bicyclic) bond motifs is 3. The third kappa shape index (κ3) is 3.76. The molecule has 3 aromatic rings. The Hall–Kier alpha value is -3.34. The normalized spacial score (nSPS) is 13.5. The molecule has 1 aliphatic heterocycles. The number of nitrogens with two attached hydrogens (primary N) is 1. The molecule has 6 nitrogen and oxygen atoms in total. The molecule has 31 heavy (non-hydrogen) atoms. The van der Waals surface area contributed by atoms with Gasteiger partial charge >= 0.3 is 6.18 Å². The molecule has 4 rings (SSSR count). The summed E-state index contributed by atoms with van der Waals surface area (Å²) in [5.41, 5.74) is 5.57. The third-order valence-corrected chi connectivity index (χ3v) is 5.03. The van der Waals surface area contributed by atoms with Gasteiger partial charge in [-0.1, -0.05) is 0 Å². The number of rotatable bonds is 3. The van der Waals surface area contributed by atoms with E-state index in [0.29, 0.717) is 28.8 Å². The molecule has 162 valence electrons. The van der Waals surface area contributed by atoms with E-state index in [2.05, 4.69) is 9.97 Å². The number of anilines is 1. The topological polar surface area (TPSA) is 81.3 Å². The fourth-order valence-corrected chi connectivity index (χ4v) is 3.40. The molecular formula is C20H15F5N4O2. The molecule has 1 amide bonds. The van der Waals surface area contributed by atoms with Gasteiger partial charge in [0.2, 0.25) is 0 Å². The van der Waals surface area contributed by atoms with Crippen molar-refractivity contribution in [2.24, 2.45) is 0 Å². The van der Waals surface area contributed by atoms with Gasteiger partial charge in [-0.2, -0.15) is 13.2 Å². The van der Waals surface area contributed by atoms with Gasteiger partial charge < -0.3 is 15.4 Å². The monoisotopic (exact) mass is 438 g/mol. The van der Waals surface area contributed by atoms with Gasteiger partial charge in [0.25, 0.3) is 5.91 Å². The molecule has 1 aliphatic rings. The first kappa shape index (κ1) is 20.9. The molecule has 1 aromatic carbocycles. The predicted octanol–water partition coefficient (Wildman–Crippen LogP) is 3.81. The zero-order valence-corrected chi connectivity index (χ0v) is 16.1. The Kier molecular flexibility index (Phi) is 5.00. The Morgan fingerprint density at radius 1 is 1.16 bits per heavy atom. The molecule has 11 heteroatoms. The average molecular weight is 438 g/mol. The first-order valence-corrected chi connectivity index (χ1v) is 9.01. The predicted molar refractivity (Wildman–Crippen MR) is 99.6 cm³/mol. The van der Waals surface area contributed by atoms with Gasteiger partial charge in [0.15, 0.2) is 0 Å². The van der Waals surface area contributed by atoms with Crippen LogP contribution in [0, 0.1) is 11.6 Å². The first-order chi connectivity index (χ1) is 14.6. The molecule has 0 radical (unpaired) electrons.